The lowest BCUT2D eigenvalue weighted by Gasteiger charge is -2.19. The molecule has 0 heterocycles. The van der Waals surface area contributed by atoms with Crippen LogP contribution in [0.1, 0.15) is 32.8 Å². The molecule has 0 aliphatic rings. The molecule has 1 rings (SSSR count). The van der Waals surface area contributed by atoms with E-state index >= 15 is 0 Å². The Morgan fingerprint density at radius 3 is 2.48 bits per heavy atom. The Bertz CT molecular complexity index is 487. The fourth-order valence-electron chi connectivity index (χ4n) is 1.64. The fourth-order valence-corrected chi connectivity index (χ4v) is 1.64. The molecule has 0 bridgehead atoms. The van der Waals surface area contributed by atoms with Crippen LogP contribution >= 0.6 is 0 Å². The van der Waals surface area contributed by atoms with Crippen LogP contribution in [0.15, 0.2) is 42.5 Å². The summed E-state index contributed by atoms with van der Waals surface area (Å²) < 4.78 is 5.05. The van der Waals surface area contributed by atoms with Gasteiger partial charge in [-0.05, 0) is 45.3 Å². The summed E-state index contributed by atoms with van der Waals surface area (Å²) in [6, 6.07) is 10.1. The normalized spacial score (nSPS) is 11.4. The molecule has 0 spiro atoms. The van der Waals surface area contributed by atoms with E-state index in [-0.39, 0.29) is 12.3 Å². The lowest BCUT2D eigenvalue weighted by molar-refractivity contribution is -0.113. The van der Waals surface area contributed by atoms with E-state index in [9.17, 15) is 9.59 Å². The van der Waals surface area contributed by atoms with Crippen LogP contribution in [-0.2, 0) is 16.0 Å². The molecule has 0 unspecified atom stereocenters. The van der Waals surface area contributed by atoms with E-state index in [1.807, 2.05) is 24.3 Å². The highest BCUT2D eigenvalue weighted by molar-refractivity contribution is 5.93. The van der Waals surface area contributed by atoms with Crippen molar-refractivity contribution < 1.29 is 14.3 Å². The Kier molecular flexibility index (Phi) is 6.66. The summed E-state index contributed by atoms with van der Waals surface area (Å²) in [5.41, 5.74) is 0.681. The van der Waals surface area contributed by atoms with Gasteiger partial charge in [0.05, 0.1) is 6.54 Å². The van der Waals surface area contributed by atoms with E-state index in [0.29, 0.717) is 0 Å². The number of aryl methyl sites for hydroxylation is 1. The third kappa shape index (κ3) is 8.63. The molecule has 1 aromatic carbocycles. The Morgan fingerprint density at radius 2 is 1.86 bits per heavy atom. The molecular formula is C17H23NO3. The summed E-state index contributed by atoms with van der Waals surface area (Å²) in [6.07, 6.45) is 4.44. The van der Waals surface area contributed by atoms with Crippen LogP contribution in [0, 0.1) is 0 Å². The Morgan fingerprint density at radius 1 is 1.19 bits per heavy atom. The maximum Gasteiger partial charge on any atom is 0.408 e. The smallest absolute Gasteiger partial charge is 0.408 e. The zero-order chi connectivity index (χ0) is 15.7. The number of allylic oxidation sites excluding steroid dienone is 1. The second-order valence-corrected chi connectivity index (χ2v) is 5.75. The van der Waals surface area contributed by atoms with E-state index < -0.39 is 11.7 Å². The number of amides is 1. The van der Waals surface area contributed by atoms with Gasteiger partial charge >= 0.3 is 6.09 Å². The van der Waals surface area contributed by atoms with Crippen LogP contribution in [0.2, 0.25) is 0 Å². The van der Waals surface area contributed by atoms with Crippen molar-refractivity contribution in [1.82, 2.24) is 5.32 Å². The molecule has 114 valence electrons. The number of carbonyl (C=O) groups excluding carboxylic acids is 2. The SMILES string of the molecule is CC(C)(C)OC(=O)NCC(=O)/C=C/CCc1ccccc1. The molecule has 0 aliphatic heterocycles. The van der Waals surface area contributed by atoms with Gasteiger partial charge in [0.15, 0.2) is 5.78 Å². The van der Waals surface area contributed by atoms with Crippen molar-refractivity contribution >= 4 is 11.9 Å². The zero-order valence-electron chi connectivity index (χ0n) is 12.9. The number of hydrogen-bond acceptors (Lipinski definition) is 3. The molecule has 21 heavy (non-hydrogen) atoms. The molecule has 0 fully saturated rings. The van der Waals surface area contributed by atoms with Gasteiger partial charge in [0, 0.05) is 0 Å². The Balaban J connectivity index is 2.21. The largest absolute Gasteiger partial charge is 0.444 e. The minimum atomic E-state index is -0.575. The minimum absolute atomic E-state index is 0.0449. The monoisotopic (exact) mass is 289 g/mol. The number of nitrogens with one attached hydrogen (secondary N) is 1. The molecule has 4 heteroatoms. The maximum atomic E-state index is 11.6. The number of rotatable bonds is 6. The van der Waals surface area contributed by atoms with Gasteiger partial charge in [-0.25, -0.2) is 4.79 Å². The average Bonchev–Trinajstić information content (AvgIpc) is 2.41. The highest BCUT2D eigenvalue weighted by Gasteiger charge is 2.15. The Hall–Kier alpha value is -2.10. The molecule has 0 atom stereocenters. The quantitative estimate of drug-likeness (QED) is 0.818. The van der Waals surface area contributed by atoms with Crippen molar-refractivity contribution in [3.8, 4) is 0 Å². The maximum absolute atomic E-state index is 11.6. The van der Waals surface area contributed by atoms with Crippen LogP contribution in [0.25, 0.3) is 0 Å². The lowest BCUT2D eigenvalue weighted by atomic mass is 10.1. The summed E-state index contributed by atoms with van der Waals surface area (Å²) >= 11 is 0. The van der Waals surface area contributed by atoms with E-state index in [4.69, 9.17) is 4.74 Å². The molecule has 0 radical (unpaired) electrons. The molecule has 0 aliphatic carbocycles. The van der Waals surface area contributed by atoms with Crippen molar-refractivity contribution in [3.63, 3.8) is 0 Å². The summed E-state index contributed by atoms with van der Waals surface area (Å²) in [5, 5.41) is 2.44. The first-order valence-electron chi connectivity index (χ1n) is 7.07. The Labute approximate surface area is 126 Å². The first kappa shape index (κ1) is 17.0. The predicted molar refractivity (Wildman–Crippen MR) is 83.1 cm³/mol. The second-order valence-electron chi connectivity index (χ2n) is 5.75. The van der Waals surface area contributed by atoms with Gasteiger partial charge in [-0.2, -0.15) is 0 Å². The van der Waals surface area contributed by atoms with Crippen molar-refractivity contribution in [2.24, 2.45) is 0 Å². The summed E-state index contributed by atoms with van der Waals surface area (Å²) in [6.45, 7) is 5.28. The van der Waals surface area contributed by atoms with Crippen LogP contribution in [0.5, 0.6) is 0 Å². The molecule has 0 aromatic heterocycles. The summed E-state index contributed by atoms with van der Waals surface area (Å²) in [4.78, 5) is 22.9. The van der Waals surface area contributed by atoms with Gasteiger partial charge in [-0.1, -0.05) is 36.4 Å². The van der Waals surface area contributed by atoms with Crippen LogP contribution in [0.4, 0.5) is 4.79 Å². The predicted octanol–water partition coefficient (Wildman–Crippen LogP) is 3.27. The van der Waals surface area contributed by atoms with Gasteiger partial charge in [-0.15, -0.1) is 0 Å². The molecule has 4 nitrogen and oxygen atoms in total. The minimum Gasteiger partial charge on any atom is -0.444 e. The van der Waals surface area contributed by atoms with E-state index in [0.717, 1.165) is 12.8 Å². The molecule has 0 saturated heterocycles. The molecule has 0 saturated carbocycles. The number of ketones is 1. The first-order chi connectivity index (χ1) is 9.87. The lowest BCUT2D eigenvalue weighted by Crippen LogP contribution is -2.35. The van der Waals surface area contributed by atoms with Crippen LogP contribution < -0.4 is 5.32 Å². The van der Waals surface area contributed by atoms with Crippen molar-refractivity contribution in [3.05, 3.63) is 48.0 Å². The average molecular weight is 289 g/mol. The fraction of sp³-hybridized carbons (Fsp3) is 0.412. The van der Waals surface area contributed by atoms with Crippen molar-refractivity contribution in [2.45, 2.75) is 39.2 Å². The number of alkyl carbamates (subject to hydrolysis) is 1. The number of ether oxygens (including phenoxy) is 1. The van der Waals surface area contributed by atoms with Gasteiger partial charge < -0.3 is 10.1 Å². The van der Waals surface area contributed by atoms with Gasteiger partial charge in [0.1, 0.15) is 5.60 Å². The highest BCUT2D eigenvalue weighted by atomic mass is 16.6. The highest BCUT2D eigenvalue weighted by Crippen LogP contribution is 2.06. The molecule has 1 amide bonds. The third-order valence-corrected chi connectivity index (χ3v) is 2.55. The zero-order valence-corrected chi connectivity index (χ0v) is 12.9. The summed E-state index contributed by atoms with van der Waals surface area (Å²) in [7, 11) is 0. The van der Waals surface area contributed by atoms with Gasteiger partial charge in [-0.3, -0.25) is 4.79 Å². The van der Waals surface area contributed by atoms with Crippen LogP contribution in [0.3, 0.4) is 0 Å². The standard InChI is InChI=1S/C17H23NO3/c1-17(2,3)21-16(20)18-13-15(19)12-8-7-11-14-9-5-4-6-10-14/h4-6,8-10,12H,7,11,13H2,1-3H3,(H,18,20)/b12-8+. The molecular weight excluding hydrogens is 266 g/mol. The van der Waals surface area contributed by atoms with Gasteiger partial charge in [0.25, 0.3) is 0 Å². The number of hydrogen-bond donors (Lipinski definition) is 1. The number of benzene rings is 1. The van der Waals surface area contributed by atoms with Gasteiger partial charge in [0.2, 0.25) is 0 Å². The first-order valence-corrected chi connectivity index (χ1v) is 7.07. The van der Waals surface area contributed by atoms with Crippen molar-refractivity contribution in [1.29, 1.82) is 0 Å². The summed E-state index contributed by atoms with van der Waals surface area (Å²) in [5.74, 6) is -0.145. The topological polar surface area (TPSA) is 55.4 Å². The van der Waals surface area contributed by atoms with E-state index in [2.05, 4.69) is 17.4 Å². The van der Waals surface area contributed by atoms with Crippen LogP contribution in [-0.4, -0.2) is 24.0 Å². The number of carbonyl (C=O) groups is 2. The van der Waals surface area contributed by atoms with E-state index in [1.165, 1.54) is 11.6 Å². The van der Waals surface area contributed by atoms with E-state index in [1.54, 1.807) is 20.8 Å². The third-order valence-electron chi connectivity index (χ3n) is 2.55. The molecule has 1 aromatic rings. The van der Waals surface area contributed by atoms with Crippen molar-refractivity contribution in [2.75, 3.05) is 6.54 Å². The second kappa shape index (κ2) is 8.25. The molecule has 1 N–H and O–H groups in total.